The fraction of sp³-hybridized carbons (Fsp3) is 0.263. The van der Waals surface area contributed by atoms with Gasteiger partial charge in [-0.2, -0.15) is 0 Å². The van der Waals surface area contributed by atoms with Gasteiger partial charge in [0.05, 0.1) is 5.69 Å². The quantitative estimate of drug-likeness (QED) is 0.934. The number of amides is 2. The van der Waals surface area contributed by atoms with Gasteiger partial charge in [0, 0.05) is 18.3 Å². The van der Waals surface area contributed by atoms with Crippen LogP contribution in [0.15, 0.2) is 42.5 Å². The van der Waals surface area contributed by atoms with E-state index in [-0.39, 0.29) is 19.1 Å². The third-order valence-electron chi connectivity index (χ3n) is 4.36. The highest BCUT2D eigenvalue weighted by Gasteiger charge is 2.31. The summed E-state index contributed by atoms with van der Waals surface area (Å²) in [5.74, 6) is 0.617. The van der Waals surface area contributed by atoms with E-state index >= 15 is 0 Å². The van der Waals surface area contributed by atoms with Crippen molar-refractivity contribution in [1.82, 2.24) is 0 Å². The predicted molar refractivity (Wildman–Crippen MR) is 92.9 cm³/mol. The summed E-state index contributed by atoms with van der Waals surface area (Å²) < 4.78 is 10.8. The SMILES string of the molecule is O=C(Nc1cc2c3c(c1)OCC(=O)N3CCC2)OCc1ccccc1. The monoisotopic (exact) mass is 338 g/mol. The summed E-state index contributed by atoms with van der Waals surface area (Å²) >= 11 is 0. The van der Waals surface area contributed by atoms with E-state index in [1.165, 1.54) is 0 Å². The van der Waals surface area contributed by atoms with Gasteiger partial charge in [0.25, 0.3) is 5.91 Å². The van der Waals surface area contributed by atoms with Gasteiger partial charge in [-0.1, -0.05) is 30.3 Å². The Morgan fingerprint density at radius 2 is 2.08 bits per heavy atom. The van der Waals surface area contributed by atoms with E-state index in [4.69, 9.17) is 9.47 Å². The van der Waals surface area contributed by atoms with E-state index in [1.54, 1.807) is 11.0 Å². The lowest BCUT2D eigenvalue weighted by Gasteiger charge is -2.35. The van der Waals surface area contributed by atoms with Crippen LogP contribution < -0.4 is 15.0 Å². The molecule has 0 atom stereocenters. The zero-order valence-corrected chi connectivity index (χ0v) is 13.7. The van der Waals surface area contributed by atoms with Crippen LogP contribution >= 0.6 is 0 Å². The Bertz CT molecular complexity index is 802. The van der Waals surface area contributed by atoms with E-state index < -0.39 is 6.09 Å². The number of hydrogen-bond acceptors (Lipinski definition) is 4. The molecule has 0 unspecified atom stereocenters. The topological polar surface area (TPSA) is 67.9 Å². The Balaban J connectivity index is 1.48. The zero-order chi connectivity index (χ0) is 17.2. The fourth-order valence-electron chi connectivity index (χ4n) is 3.23. The number of nitrogens with one attached hydrogen (secondary N) is 1. The van der Waals surface area contributed by atoms with Gasteiger partial charge in [0.1, 0.15) is 12.4 Å². The standard InChI is InChI=1S/C19H18N2O4/c22-17-12-24-16-10-15(9-14-7-4-8-21(17)18(14)16)20-19(23)25-11-13-5-2-1-3-6-13/h1-3,5-6,9-10H,4,7-8,11-12H2,(H,20,23). The summed E-state index contributed by atoms with van der Waals surface area (Å²) in [6.07, 6.45) is 1.24. The van der Waals surface area contributed by atoms with Gasteiger partial charge < -0.3 is 14.4 Å². The Labute approximate surface area is 145 Å². The van der Waals surface area contributed by atoms with Gasteiger partial charge in [0.15, 0.2) is 6.61 Å². The number of aryl methyl sites for hydroxylation is 1. The molecule has 2 heterocycles. The molecule has 0 spiro atoms. The van der Waals surface area contributed by atoms with Gasteiger partial charge >= 0.3 is 6.09 Å². The van der Waals surface area contributed by atoms with Crippen LogP contribution in [0.5, 0.6) is 5.75 Å². The average Bonchev–Trinajstić information content (AvgIpc) is 2.64. The Kier molecular flexibility index (Phi) is 4.01. The van der Waals surface area contributed by atoms with Gasteiger partial charge in [0.2, 0.25) is 0 Å². The van der Waals surface area contributed by atoms with E-state index in [0.717, 1.165) is 29.7 Å². The van der Waals surface area contributed by atoms with Crippen LogP contribution in [0.3, 0.4) is 0 Å². The minimum atomic E-state index is -0.518. The average molecular weight is 338 g/mol. The molecule has 0 bridgehead atoms. The molecule has 2 aliphatic heterocycles. The molecule has 0 saturated carbocycles. The molecule has 2 aromatic rings. The van der Waals surface area contributed by atoms with Crippen molar-refractivity contribution in [3.63, 3.8) is 0 Å². The second-order valence-corrected chi connectivity index (χ2v) is 6.11. The number of anilines is 2. The summed E-state index contributed by atoms with van der Waals surface area (Å²) in [4.78, 5) is 25.8. The first kappa shape index (κ1) is 15.5. The second-order valence-electron chi connectivity index (χ2n) is 6.11. The summed E-state index contributed by atoms with van der Waals surface area (Å²) in [7, 11) is 0. The molecular weight excluding hydrogens is 320 g/mol. The normalized spacial score (nSPS) is 15.2. The smallest absolute Gasteiger partial charge is 0.411 e. The number of benzene rings is 2. The molecule has 2 aromatic carbocycles. The lowest BCUT2D eigenvalue weighted by molar-refractivity contribution is -0.121. The first-order chi connectivity index (χ1) is 12.2. The predicted octanol–water partition coefficient (Wildman–Crippen LogP) is 3.11. The minimum Gasteiger partial charge on any atom is -0.481 e. The first-order valence-electron chi connectivity index (χ1n) is 8.28. The molecule has 0 fully saturated rings. The molecular formula is C19H18N2O4. The van der Waals surface area contributed by atoms with Gasteiger partial charge in [-0.15, -0.1) is 0 Å². The number of nitrogens with zero attached hydrogens (tertiary/aromatic N) is 1. The van der Waals surface area contributed by atoms with Crippen LogP contribution in [0.2, 0.25) is 0 Å². The summed E-state index contributed by atoms with van der Waals surface area (Å²) in [5.41, 5.74) is 3.39. The Morgan fingerprint density at radius 3 is 2.92 bits per heavy atom. The van der Waals surface area contributed by atoms with Gasteiger partial charge in [-0.3, -0.25) is 10.1 Å². The van der Waals surface area contributed by atoms with Crippen LogP contribution in [0.1, 0.15) is 17.5 Å². The Hall–Kier alpha value is -3.02. The molecule has 25 heavy (non-hydrogen) atoms. The van der Waals surface area contributed by atoms with Crippen LogP contribution in [0.25, 0.3) is 0 Å². The van der Waals surface area contributed by atoms with Gasteiger partial charge in [-0.05, 0) is 30.0 Å². The van der Waals surface area contributed by atoms with Crippen molar-refractivity contribution in [2.45, 2.75) is 19.4 Å². The number of carbonyl (C=O) groups is 2. The highest BCUT2D eigenvalue weighted by atomic mass is 16.5. The van der Waals surface area contributed by atoms with Crippen molar-refractivity contribution in [3.8, 4) is 5.75 Å². The highest BCUT2D eigenvalue weighted by molar-refractivity contribution is 6.00. The van der Waals surface area contributed by atoms with Crippen LogP contribution in [-0.4, -0.2) is 25.2 Å². The lowest BCUT2D eigenvalue weighted by atomic mass is 9.99. The largest absolute Gasteiger partial charge is 0.481 e. The van der Waals surface area contributed by atoms with E-state index in [1.807, 2.05) is 36.4 Å². The fourth-order valence-corrected chi connectivity index (χ4v) is 3.23. The minimum absolute atomic E-state index is 0.0172. The van der Waals surface area contributed by atoms with E-state index in [9.17, 15) is 9.59 Å². The van der Waals surface area contributed by atoms with Crippen LogP contribution in [-0.2, 0) is 22.6 Å². The summed E-state index contributed by atoms with van der Waals surface area (Å²) in [5, 5.41) is 2.74. The number of ether oxygens (including phenoxy) is 2. The molecule has 6 heteroatoms. The number of carbonyl (C=O) groups excluding carboxylic acids is 2. The highest BCUT2D eigenvalue weighted by Crippen LogP contribution is 2.41. The van der Waals surface area contributed by atoms with Crippen molar-refractivity contribution in [2.24, 2.45) is 0 Å². The molecule has 2 amide bonds. The van der Waals surface area contributed by atoms with Crippen molar-refractivity contribution >= 4 is 23.4 Å². The molecule has 0 aliphatic carbocycles. The molecule has 0 radical (unpaired) electrons. The Morgan fingerprint density at radius 1 is 1.24 bits per heavy atom. The van der Waals surface area contributed by atoms with Crippen molar-refractivity contribution in [3.05, 3.63) is 53.6 Å². The van der Waals surface area contributed by atoms with Crippen LogP contribution in [0.4, 0.5) is 16.2 Å². The maximum atomic E-state index is 12.0. The molecule has 1 N–H and O–H groups in total. The third-order valence-corrected chi connectivity index (χ3v) is 4.36. The zero-order valence-electron chi connectivity index (χ0n) is 13.7. The molecule has 0 aromatic heterocycles. The van der Waals surface area contributed by atoms with Crippen molar-refractivity contribution in [2.75, 3.05) is 23.4 Å². The maximum absolute atomic E-state index is 12.0. The van der Waals surface area contributed by atoms with E-state index in [0.29, 0.717) is 18.0 Å². The van der Waals surface area contributed by atoms with Crippen molar-refractivity contribution in [1.29, 1.82) is 0 Å². The molecule has 6 nitrogen and oxygen atoms in total. The van der Waals surface area contributed by atoms with Crippen LogP contribution in [0, 0.1) is 0 Å². The molecule has 4 rings (SSSR count). The summed E-state index contributed by atoms with van der Waals surface area (Å²) in [6, 6.07) is 13.1. The molecule has 2 aliphatic rings. The second kappa shape index (κ2) is 6.47. The van der Waals surface area contributed by atoms with E-state index in [2.05, 4.69) is 5.32 Å². The van der Waals surface area contributed by atoms with Crippen molar-refractivity contribution < 1.29 is 19.1 Å². The van der Waals surface area contributed by atoms with Gasteiger partial charge in [-0.25, -0.2) is 4.79 Å². The third kappa shape index (κ3) is 3.15. The number of rotatable bonds is 3. The summed E-state index contributed by atoms with van der Waals surface area (Å²) in [6.45, 7) is 0.964. The number of hydrogen-bond donors (Lipinski definition) is 1. The molecule has 128 valence electrons. The first-order valence-corrected chi connectivity index (χ1v) is 8.28. The maximum Gasteiger partial charge on any atom is 0.411 e. The molecule has 0 saturated heterocycles. The lowest BCUT2D eigenvalue weighted by Crippen LogP contribution is -2.42.